The number of hydrogen-bond acceptors (Lipinski definition) is 3. The predicted octanol–water partition coefficient (Wildman–Crippen LogP) is 5.93. The molecule has 3 aromatic carbocycles. The summed E-state index contributed by atoms with van der Waals surface area (Å²) in [6, 6.07) is 26.5. The number of rotatable bonds is 8. The van der Waals surface area contributed by atoms with E-state index in [1.807, 2.05) is 59.5 Å². The number of nitrogens with one attached hydrogen (secondary N) is 1. The van der Waals surface area contributed by atoms with E-state index in [1.54, 1.807) is 0 Å². The van der Waals surface area contributed by atoms with E-state index in [9.17, 15) is 9.59 Å². The van der Waals surface area contributed by atoms with Crippen LogP contribution < -0.4 is 5.32 Å². The Morgan fingerprint density at radius 2 is 1.46 bits per heavy atom. The van der Waals surface area contributed by atoms with Gasteiger partial charge in [0.2, 0.25) is 11.8 Å². The van der Waals surface area contributed by atoms with E-state index in [-0.39, 0.29) is 24.7 Å². The summed E-state index contributed by atoms with van der Waals surface area (Å²) in [5, 5.41) is 2.94. The Balaban J connectivity index is 1.17. The molecule has 2 amide bonds. The van der Waals surface area contributed by atoms with Gasteiger partial charge in [0.25, 0.3) is 0 Å². The second-order valence-electron chi connectivity index (χ2n) is 9.73. The fourth-order valence-corrected chi connectivity index (χ4v) is 5.04. The number of carbonyl (C=O) groups excluding carboxylic acids is 2. The van der Waals surface area contributed by atoms with Crippen LogP contribution in [-0.2, 0) is 22.4 Å². The number of aromatic nitrogens is 2. The maximum absolute atomic E-state index is 12.5. The van der Waals surface area contributed by atoms with Gasteiger partial charge in [0.05, 0.1) is 11.0 Å². The van der Waals surface area contributed by atoms with Crippen LogP contribution in [0, 0.1) is 0 Å². The molecule has 1 aromatic heterocycles. The Bertz CT molecular complexity index is 1340. The third-order valence-corrected chi connectivity index (χ3v) is 7.04. The summed E-state index contributed by atoms with van der Waals surface area (Å²) in [6.07, 6.45) is 6.63. The quantitative estimate of drug-likeness (QED) is 0.330. The highest BCUT2D eigenvalue weighted by atomic mass is 16.2. The lowest BCUT2D eigenvalue weighted by Crippen LogP contribution is -2.32. The van der Waals surface area contributed by atoms with Crippen molar-refractivity contribution in [2.75, 3.05) is 18.4 Å². The SMILES string of the molecule is O=C(CCC(=O)N1CCCCCC1)Nc1ccc(CCc2nc3ccccc3n2-c2ccccc2)cc1. The second-order valence-corrected chi connectivity index (χ2v) is 9.73. The molecule has 1 N–H and O–H groups in total. The van der Waals surface area contributed by atoms with Crippen molar-refractivity contribution in [3.8, 4) is 5.69 Å². The Kier molecular flexibility index (Phi) is 7.94. The van der Waals surface area contributed by atoms with Crippen LogP contribution >= 0.6 is 0 Å². The number of fused-ring (bicyclic) bond motifs is 1. The van der Waals surface area contributed by atoms with E-state index in [1.165, 1.54) is 18.4 Å². The molecule has 0 atom stereocenters. The Hall–Kier alpha value is -3.93. The molecule has 0 bridgehead atoms. The highest BCUT2D eigenvalue weighted by Gasteiger charge is 2.17. The molecule has 6 heteroatoms. The summed E-state index contributed by atoms with van der Waals surface area (Å²) >= 11 is 0. The van der Waals surface area contributed by atoms with Crippen molar-refractivity contribution in [3.05, 3.63) is 90.3 Å². The van der Waals surface area contributed by atoms with Crippen molar-refractivity contribution in [3.63, 3.8) is 0 Å². The lowest BCUT2D eigenvalue weighted by Gasteiger charge is -2.20. The third kappa shape index (κ3) is 6.26. The molecule has 0 aliphatic carbocycles. The van der Waals surface area contributed by atoms with Crippen molar-refractivity contribution in [1.29, 1.82) is 0 Å². The molecular formula is C31H34N4O2. The van der Waals surface area contributed by atoms with Crippen LogP contribution in [0.1, 0.15) is 49.9 Å². The summed E-state index contributed by atoms with van der Waals surface area (Å²) in [4.78, 5) is 31.7. The van der Waals surface area contributed by atoms with E-state index >= 15 is 0 Å². The molecule has 5 rings (SSSR count). The Morgan fingerprint density at radius 3 is 2.22 bits per heavy atom. The number of anilines is 1. The smallest absolute Gasteiger partial charge is 0.224 e. The van der Waals surface area contributed by atoms with Crippen LogP contribution in [-0.4, -0.2) is 39.4 Å². The van der Waals surface area contributed by atoms with Gasteiger partial charge in [0, 0.05) is 43.7 Å². The first-order valence-electron chi connectivity index (χ1n) is 13.4. The second kappa shape index (κ2) is 11.9. The van der Waals surface area contributed by atoms with Crippen LogP contribution in [0.15, 0.2) is 78.9 Å². The molecule has 1 fully saturated rings. The van der Waals surface area contributed by atoms with Gasteiger partial charge >= 0.3 is 0 Å². The zero-order valence-corrected chi connectivity index (χ0v) is 21.2. The van der Waals surface area contributed by atoms with Gasteiger partial charge in [-0.1, -0.05) is 55.3 Å². The lowest BCUT2D eigenvalue weighted by molar-refractivity contribution is -0.132. The van der Waals surface area contributed by atoms with E-state index in [0.717, 1.165) is 67.0 Å². The van der Waals surface area contributed by atoms with Crippen molar-refractivity contribution in [1.82, 2.24) is 14.5 Å². The number of carbonyl (C=O) groups is 2. The van der Waals surface area contributed by atoms with Crippen molar-refractivity contribution < 1.29 is 9.59 Å². The molecule has 1 saturated heterocycles. The minimum absolute atomic E-state index is 0.0916. The van der Waals surface area contributed by atoms with Gasteiger partial charge in [-0.05, 0) is 61.2 Å². The van der Waals surface area contributed by atoms with E-state index in [4.69, 9.17) is 4.98 Å². The molecule has 1 aliphatic heterocycles. The zero-order chi connectivity index (χ0) is 25.5. The van der Waals surface area contributed by atoms with Crippen LogP contribution in [0.5, 0.6) is 0 Å². The molecule has 37 heavy (non-hydrogen) atoms. The average Bonchev–Trinajstić information content (AvgIpc) is 3.08. The number of likely N-dealkylation sites (tertiary alicyclic amines) is 1. The predicted molar refractivity (Wildman–Crippen MR) is 148 cm³/mol. The summed E-state index contributed by atoms with van der Waals surface area (Å²) in [5.41, 5.74) is 5.15. The van der Waals surface area contributed by atoms with E-state index < -0.39 is 0 Å². The molecule has 0 saturated carbocycles. The molecule has 0 spiro atoms. The Labute approximate surface area is 218 Å². The van der Waals surface area contributed by atoms with Gasteiger partial charge in [-0.25, -0.2) is 4.98 Å². The summed E-state index contributed by atoms with van der Waals surface area (Å²) in [6.45, 7) is 1.65. The highest BCUT2D eigenvalue weighted by Crippen LogP contribution is 2.23. The van der Waals surface area contributed by atoms with Crippen molar-refractivity contribution >= 4 is 28.5 Å². The van der Waals surface area contributed by atoms with Crippen molar-refractivity contribution in [2.45, 2.75) is 51.4 Å². The summed E-state index contributed by atoms with van der Waals surface area (Å²) in [7, 11) is 0. The molecule has 4 aromatic rings. The largest absolute Gasteiger partial charge is 0.343 e. The lowest BCUT2D eigenvalue weighted by atomic mass is 10.1. The van der Waals surface area contributed by atoms with Crippen LogP contribution in [0.4, 0.5) is 5.69 Å². The summed E-state index contributed by atoms with van der Waals surface area (Å²) < 4.78 is 2.23. The first kappa shape index (κ1) is 24.8. The normalized spacial score (nSPS) is 13.9. The van der Waals surface area contributed by atoms with E-state index in [0.29, 0.717) is 0 Å². The molecule has 6 nitrogen and oxygen atoms in total. The van der Waals surface area contributed by atoms with E-state index in [2.05, 4.69) is 34.1 Å². The molecule has 190 valence electrons. The number of para-hydroxylation sites is 3. The van der Waals surface area contributed by atoms with Gasteiger partial charge in [-0.2, -0.15) is 0 Å². The van der Waals surface area contributed by atoms with Gasteiger partial charge in [0.1, 0.15) is 5.82 Å². The first-order valence-corrected chi connectivity index (χ1v) is 13.4. The molecule has 2 heterocycles. The number of amides is 2. The standard InChI is InChI=1S/C31H34N4O2/c36-30(20-21-31(37)34-22-8-1-2-9-23-34)32-25-17-14-24(15-18-25)16-19-29-33-27-12-6-7-13-28(27)35(29)26-10-4-3-5-11-26/h3-7,10-15,17-18H,1-2,8-9,16,19-23H2,(H,32,36). The minimum Gasteiger partial charge on any atom is -0.343 e. The fraction of sp³-hybridized carbons (Fsp3) is 0.323. The maximum atomic E-state index is 12.5. The van der Waals surface area contributed by atoms with Gasteiger partial charge < -0.3 is 10.2 Å². The van der Waals surface area contributed by atoms with Crippen LogP contribution in [0.25, 0.3) is 16.7 Å². The van der Waals surface area contributed by atoms with Crippen molar-refractivity contribution in [2.24, 2.45) is 0 Å². The number of imidazole rings is 1. The topological polar surface area (TPSA) is 67.2 Å². The average molecular weight is 495 g/mol. The van der Waals surface area contributed by atoms with Crippen LogP contribution in [0.2, 0.25) is 0 Å². The number of nitrogens with zero attached hydrogens (tertiary/aromatic N) is 3. The Morgan fingerprint density at radius 1 is 0.757 bits per heavy atom. The fourth-order valence-electron chi connectivity index (χ4n) is 5.04. The molecule has 0 radical (unpaired) electrons. The minimum atomic E-state index is -0.118. The zero-order valence-electron chi connectivity index (χ0n) is 21.2. The van der Waals surface area contributed by atoms with Gasteiger partial charge in [0.15, 0.2) is 0 Å². The highest BCUT2D eigenvalue weighted by molar-refractivity contribution is 5.93. The molecule has 0 unspecified atom stereocenters. The molecular weight excluding hydrogens is 460 g/mol. The number of hydrogen-bond donors (Lipinski definition) is 1. The van der Waals surface area contributed by atoms with Gasteiger partial charge in [-0.15, -0.1) is 0 Å². The van der Waals surface area contributed by atoms with Gasteiger partial charge in [-0.3, -0.25) is 14.2 Å². The summed E-state index contributed by atoms with van der Waals surface area (Å²) in [5.74, 6) is 1.00. The van der Waals surface area contributed by atoms with Crippen LogP contribution in [0.3, 0.4) is 0 Å². The first-order chi connectivity index (χ1) is 18.2. The maximum Gasteiger partial charge on any atom is 0.224 e. The molecule has 1 aliphatic rings. The number of aryl methyl sites for hydroxylation is 2. The number of benzene rings is 3. The third-order valence-electron chi connectivity index (χ3n) is 7.04. The monoisotopic (exact) mass is 494 g/mol.